The molecule has 1 aromatic heterocycles. The Hall–Kier alpha value is -2.46. The maximum atomic E-state index is 13.4. The van der Waals surface area contributed by atoms with Gasteiger partial charge in [0, 0.05) is 37.2 Å². The molecule has 0 saturated carbocycles. The van der Waals surface area contributed by atoms with Crippen molar-refractivity contribution in [2.75, 3.05) is 31.1 Å². The first-order valence-electron chi connectivity index (χ1n) is 9.29. The molecule has 6 nitrogen and oxygen atoms in total. The molecule has 2 fully saturated rings. The molecule has 2 saturated heterocycles. The molecule has 0 aliphatic carbocycles. The molecular formula is C19H20F4N4O2. The van der Waals surface area contributed by atoms with Gasteiger partial charge in [-0.25, -0.2) is 9.37 Å². The molecule has 0 unspecified atom stereocenters. The molecule has 10 heteroatoms. The number of rotatable bonds is 3. The fourth-order valence-corrected chi connectivity index (χ4v) is 3.90. The number of aromatic nitrogens is 2. The lowest BCUT2D eigenvalue weighted by molar-refractivity contribution is -0.141. The molecule has 2 aromatic rings. The average Bonchev–Trinajstić information content (AvgIpc) is 3.09. The van der Waals surface area contributed by atoms with Crippen molar-refractivity contribution in [3.05, 3.63) is 41.8 Å². The van der Waals surface area contributed by atoms with E-state index in [9.17, 15) is 22.7 Å². The van der Waals surface area contributed by atoms with Crippen LogP contribution in [0.4, 0.5) is 23.5 Å². The third kappa shape index (κ3) is 4.13. The van der Waals surface area contributed by atoms with Crippen LogP contribution in [0.15, 0.2) is 30.3 Å². The van der Waals surface area contributed by atoms with Crippen molar-refractivity contribution >= 4 is 5.95 Å². The van der Waals surface area contributed by atoms with E-state index in [0.717, 1.165) is 19.0 Å². The molecule has 2 atom stereocenters. The van der Waals surface area contributed by atoms with Gasteiger partial charge in [0.1, 0.15) is 11.6 Å². The molecule has 1 aromatic carbocycles. The van der Waals surface area contributed by atoms with Gasteiger partial charge in [0.2, 0.25) is 11.8 Å². The number of hydrogen-bond acceptors (Lipinski definition) is 6. The maximum Gasteiger partial charge on any atom is 0.433 e. The maximum absolute atomic E-state index is 13.4. The van der Waals surface area contributed by atoms with E-state index in [1.807, 2.05) is 0 Å². The van der Waals surface area contributed by atoms with Crippen molar-refractivity contribution in [2.45, 2.75) is 25.1 Å². The van der Waals surface area contributed by atoms with E-state index < -0.39 is 29.2 Å². The van der Waals surface area contributed by atoms with Gasteiger partial charge in [-0.3, -0.25) is 0 Å². The number of halogens is 4. The van der Waals surface area contributed by atoms with Crippen LogP contribution in [0.5, 0.6) is 11.6 Å². The van der Waals surface area contributed by atoms with Crippen LogP contribution in [-0.2, 0) is 6.18 Å². The molecule has 29 heavy (non-hydrogen) atoms. The standard InChI is InChI=1S/C19H20F4N4O2/c20-12-2-1-3-13(8-12)29-16-9-14(19(21,22)23)25-17(26-16)27-7-5-18(11-27)4-6-24-10-15(18)28/h1-3,8-9,15,24,28H,4-7,10-11H2/t15-,18-/m1/s1. The number of anilines is 1. The molecular weight excluding hydrogens is 392 g/mol. The quantitative estimate of drug-likeness (QED) is 0.756. The van der Waals surface area contributed by atoms with Crippen molar-refractivity contribution in [1.29, 1.82) is 0 Å². The van der Waals surface area contributed by atoms with E-state index in [4.69, 9.17) is 4.74 Å². The molecule has 4 rings (SSSR count). The zero-order chi connectivity index (χ0) is 20.6. The highest BCUT2D eigenvalue weighted by Crippen LogP contribution is 2.41. The van der Waals surface area contributed by atoms with Crippen molar-refractivity contribution in [3.63, 3.8) is 0 Å². The summed E-state index contributed by atoms with van der Waals surface area (Å²) < 4.78 is 58.9. The number of β-amino-alcohol motifs (C(OH)–C–C–N with tert-alkyl or cyclic N) is 1. The van der Waals surface area contributed by atoms with Gasteiger partial charge in [-0.2, -0.15) is 18.2 Å². The monoisotopic (exact) mass is 412 g/mol. The molecule has 0 bridgehead atoms. The van der Waals surface area contributed by atoms with Crippen LogP contribution in [-0.4, -0.2) is 47.4 Å². The number of nitrogens with one attached hydrogen (secondary N) is 1. The minimum Gasteiger partial charge on any atom is -0.439 e. The Morgan fingerprint density at radius 1 is 1.21 bits per heavy atom. The summed E-state index contributed by atoms with van der Waals surface area (Å²) in [5, 5.41) is 13.5. The van der Waals surface area contributed by atoms with Crippen LogP contribution in [0.1, 0.15) is 18.5 Å². The minimum atomic E-state index is -4.69. The molecule has 1 spiro atoms. The lowest BCUT2D eigenvalue weighted by Gasteiger charge is -2.38. The van der Waals surface area contributed by atoms with Crippen LogP contribution < -0.4 is 15.0 Å². The summed E-state index contributed by atoms with van der Waals surface area (Å²) in [6.45, 7) is 1.97. The largest absolute Gasteiger partial charge is 0.439 e. The Balaban J connectivity index is 1.64. The minimum absolute atomic E-state index is 0.0365. The number of hydrogen-bond donors (Lipinski definition) is 2. The molecule has 2 N–H and O–H groups in total. The highest BCUT2D eigenvalue weighted by molar-refractivity contribution is 5.39. The van der Waals surface area contributed by atoms with Crippen LogP contribution in [0, 0.1) is 11.2 Å². The second kappa shape index (κ2) is 7.42. The lowest BCUT2D eigenvalue weighted by Crippen LogP contribution is -2.50. The van der Waals surface area contributed by atoms with E-state index in [1.54, 1.807) is 4.90 Å². The molecule has 156 valence electrons. The summed E-state index contributed by atoms with van der Waals surface area (Å²) >= 11 is 0. The highest BCUT2D eigenvalue weighted by atomic mass is 19.4. The smallest absolute Gasteiger partial charge is 0.433 e. The van der Waals surface area contributed by atoms with Crippen LogP contribution in [0.25, 0.3) is 0 Å². The number of aliphatic hydroxyl groups is 1. The zero-order valence-corrected chi connectivity index (χ0v) is 15.4. The summed E-state index contributed by atoms with van der Waals surface area (Å²) in [5.74, 6) is -0.975. The van der Waals surface area contributed by atoms with Crippen LogP contribution >= 0.6 is 0 Å². The topological polar surface area (TPSA) is 70.5 Å². The number of aliphatic hydroxyl groups excluding tert-OH is 1. The average molecular weight is 412 g/mol. The van der Waals surface area contributed by atoms with Crippen LogP contribution in [0.2, 0.25) is 0 Å². The van der Waals surface area contributed by atoms with Gasteiger partial charge in [-0.1, -0.05) is 6.07 Å². The van der Waals surface area contributed by atoms with E-state index in [1.165, 1.54) is 18.2 Å². The predicted octanol–water partition coefficient (Wildman–Crippen LogP) is 2.98. The second-order valence-electron chi connectivity index (χ2n) is 7.45. The van der Waals surface area contributed by atoms with E-state index in [-0.39, 0.29) is 17.6 Å². The Morgan fingerprint density at radius 3 is 2.76 bits per heavy atom. The molecule has 0 radical (unpaired) electrons. The first-order chi connectivity index (χ1) is 13.7. The fourth-order valence-electron chi connectivity index (χ4n) is 3.90. The van der Waals surface area contributed by atoms with Crippen molar-refractivity contribution < 1.29 is 27.4 Å². The third-order valence-corrected chi connectivity index (χ3v) is 5.51. The van der Waals surface area contributed by atoms with Crippen molar-refractivity contribution in [1.82, 2.24) is 15.3 Å². The van der Waals surface area contributed by atoms with E-state index >= 15 is 0 Å². The van der Waals surface area contributed by atoms with Gasteiger partial charge < -0.3 is 20.1 Å². The summed E-state index contributed by atoms with van der Waals surface area (Å²) in [6.07, 6.45) is -3.93. The van der Waals surface area contributed by atoms with Gasteiger partial charge in [0.25, 0.3) is 0 Å². The van der Waals surface area contributed by atoms with E-state index in [2.05, 4.69) is 15.3 Å². The van der Waals surface area contributed by atoms with Gasteiger partial charge in [0.15, 0.2) is 5.69 Å². The summed E-state index contributed by atoms with van der Waals surface area (Å²) in [7, 11) is 0. The SMILES string of the molecule is O[C@@H]1CNCC[C@]12CCN(c1nc(Oc3cccc(F)c3)cc(C(F)(F)F)n1)C2. The summed E-state index contributed by atoms with van der Waals surface area (Å²) in [4.78, 5) is 9.46. The molecule has 2 aliphatic rings. The van der Waals surface area contributed by atoms with Crippen molar-refractivity contribution in [3.8, 4) is 11.6 Å². The Labute approximate surface area is 164 Å². The normalized spacial score (nSPS) is 24.9. The highest BCUT2D eigenvalue weighted by Gasteiger charge is 2.46. The van der Waals surface area contributed by atoms with Gasteiger partial charge in [-0.05, 0) is 31.5 Å². The van der Waals surface area contributed by atoms with Crippen molar-refractivity contribution in [2.24, 2.45) is 5.41 Å². The first-order valence-corrected chi connectivity index (χ1v) is 9.29. The first kappa shape index (κ1) is 19.8. The molecule has 3 heterocycles. The Morgan fingerprint density at radius 2 is 2.03 bits per heavy atom. The number of alkyl halides is 3. The third-order valence-electron chi connectivity index (χ3n) is 5.51. The summed E-state index contributed by atoms with van der Waals surface area (Å²) in [5.41, 5.74) is -1.53. The second-order valence-corrected chi connectivity index (χ2v) is 7.45. The number of benzene rings is 1. The lowest BCUT2D eigenvalue weighted by atomic mass is 9.76. The van der Waals surface area contributed by atoms with Crippen LogP contribution in [0.3, 0.4) is 0 Å². The molecule has 2 aliphatic heterocycles. The Bertz CT molecular complexity index is 895. The fraction of sp³-hybridized carbons (Fsp3) is 0.474. The number of piperidine rings is 1. The number of ether oxygens (including phenoxy) is 1. The predicted molar refractivity (Wildman–Crippen MR) is 96.3 cm³/mol. The van der Waals surface area contributed by atoms with Gasteiger partial charge >= 0.3 is 6.18 Å². The van der Waals surface area contributed by atoms with Gasteiger partial charge in [-0.15, -0.1) is 0 Å². The zero-order valence-electron chi connectivity index (χ0n) is 15.4. The Kier molecular flexibility index (Phi) is 5.07. The summed E-state index contributed by atoms with van der Waals surface area (Å²) in [6, 6.07) is 5.77. The van der Waals surface area contributed by atoms with E-state index in [0.29, 0.717) is 32.1 Å². The van der Waals surface area contributed by atoms with Gasteiger partial charge in [0.05, 0.1) is 6.10 Å². The number of nitrogens with zero attached hydrogens (tertiary/aromatic N) is 3. The molecule has 0 amide bonds.